The summed E-state index contributed by atoms with van der Waals surface area (Å²) in [7, 11) is 0. The fraction of sp³-hybridized carbons (Fsp3) is 0.647. The van der Waals surface area contributed by atoms with E-state index in [1.807, 2.05) is 6.92 Å². The van der Waals surface area contributed by atoms with E-state index in [0.29, 0.717) is 23.6 Å². The van der Waals surface area contributed by atoms with Crippen LogP contribution in [0.25, 0.3) is 0 Å². The Hall–Kier alpha value is -0.640. The SMILES string of the molecule is CCNC(Cc1ccc(Cl)cc1F)C1(OCC)CCCC1. The van der Waals surface area contributed by atoms with Crippen molar-refractivity contribution in [2.24, 2.45) is 0 Å². The van der Waals surface area contributed by atoms with E-state index in [2.05, 4.69) is 12.2 Å². The Bertz CT molecular complexity index is 460. The Morgan fingerprint density at radius 3 is 2.62 bits per heavy atom. The predicted octanol–water partition coefficient (Wildman–Crippen LogP) is 4.35. The topological polar surface area (TPSA) is 21.3 Å². The van der Waals surface area contributed by atoms with Crippen molar-refractivity contribution >= 4 is 11.6 Å². The summed E-state index contributed by atoms with van der Waals surface area (Å²) in [5, 5.41) is 3.96. The lowest BCUT2D eigenvalue weighted by Gasteiger charge is -2.38. The third kappa shape index (κ3) is 3.97. The highest BCUT2D eigenvalue weighted by molar-refractivity contribution is 6.30. The molecular formula is C17H25ClFNO. The number of likely N-dealkylation sites (N-methyl/N-ethyl adjacent to an activating group) is 1. The molecule has 1 saturated carbocycles. The van der Waals surface area contributed by atoms with E-state index in [-0.39, 0.29) is 17.5 Å². The van der Waals surface area contributed by atoms with Crippen LogP contribution in [0.15, 0.2) is 18.2 Å². The third-order valence-electron chi connectivity index (χ3n) is 4.41. The van der Waals surface area contributed by atoms with E-state index in [4.69, 9.17) is 16.3 Å². The molecule has 21 heavy (non-hydrogen) atoms. The molecule has 1 aliphatic carbocycles. The van der Waals surface area contributed by atoms with Gasteiger partial charge >= 0.3 is 0 Å². The third-order valence-corrected chi connectivity index (χ3v) is 4.64. The maximum atomic E-state index is 14.1. The minimum absolute atomic E-state index is 0.139. The first-order valence-electron chi connectivity index (χ1n) is 7.92. The van der Waals surface area contributed by atoms with Crippen molar-refractivity contribution in [3.05, 3.63) is 34.6 Å². The molecule has 2 rings (SSSR count). The van der Waals surface area contributed by atoms with E-state index in [1.165, 1.54) is 18.9 Å². The normalized spacial score (nSPS) is 18.9. The van der Waals surface area contributed by atoms with Crippen molar-refractivity contribution in [2.75, 3.05) is 13.2 Å². The Labute approximate surface area is 132 Å². The van der Waals surface area contributed by atoms with Crippen LogP contribution >= 0.6 is 11.6 Å². The van der Waals surface area contributed by atoms with Crippen LogP contribution in [0.1, 0.15) is 45.1 Å². The van der Waals surface area contributed by atoms with Crippen LogP contribution < -0.4 is 5.32 Å². The molecule has 1 N–H and O–H groups in total. The van der Waals surface area contributed by atoms with Crippen molar-refractivity contribution in [3.63, 3.8) is 0 Å². The molecule has 0 bridgehead atoms. The maximum absolute atomic E-state index is 14.1. The van der Waals surface area contributed by atoms with Gasteiger partial charge in [0.25, 0.3) is 0 Å². The van der Waals surface area contributed by atoms with Crippen molar-refractivity contribution in [3.8, 4) is 0 Å². The second-order valence-corrected chi connectivity index (χ2v) is 6.19. The second kappa shape index (κ2) is 7.57. The summed E-state index contributed by atoms with van der Waals surface area (Å²) in [6, 6.07) is 5.07. The number of ether oxygens (including phenoxy) is 1. The summed E-state index contributed by atoms with van der Waals surface area (Å²) in [5.74, 6) is -0.227. The molecule has 1 aliphatic rings. The van der Waals surface area contributed by atoms with E-state index < -0.39 is 0 Å². The largest absolute Gasteiger partial charge is 0.374 e. The number of halogens is 2. The molecule has 0 saturated heterocycles. The Morgan fingerprint density at radius 2 is 2.05 bits per heavy atom. The molecule has 1 aromatic carbocycles. The van der Waals surface area contributed by atoms with E-state index >= 15 is 0 Å². The number of rotatable bonds is 7. The van der Waals surface area contributed by atoms with Crippen molar-refractivity contribution in [1.82, 2.24) is 5.32 Å². The maximum Gasteiger partial charge on any atom is 0.127 e. The predicted molar refractivity (Wildman–Crippen MR) is 85.4 cm³/mol. The van der Waals surface area contributed by atoms with E-state index in [0.717, 1.165) is 19.4 Å². The standard InChI is InChI=1S/C17H25ClFNO/c1-3-20-16(17(21-4-2)9-5-6-10-17)11-13-7-8-14(18)12-15(13)19/h7-8,12,16,20H,3-6,9-11H2,1-2H3. The average molecular weight is 314 g/mol. The second-order valence-electron chi connectivity index (χ2n) is 5.76. The van der Waals surface area contributed by atoms with Crippen LogP contribution in [0.2, 0.25) is 5.02 Å². The zero-order chi connectivity index (χ0) is 15.3. The lowest BCUT2D eigenvalue weighted by Crippen LogP contribution is -2.52. The van der Waals surface area contributed by atoms with Crippen molar-refractivity contribution < 1.29 is 9.13 Å². The summed E-state index contributed by atoms with van der Waals surface area (Å²) in [6.45, 7) is 5.67. The van der Waals surface area contributed by atoms with Crippen LogP contribution in [-0.2, 0) is 11.2 Å². The monoisotopic (exact) mass is 313 g/mol. The smallest absolute Gasteiger partial charge is 0.127 e. The molecule has 0 aliphatic heterocycles. The van der Waals surface area contributed by atoms with Gasteiger partial charge in [-0.3, -0.25) is 0 Å². The summed E-state index contributed by atoms with van der Waals surface area (Å²) >= 11 is 5.84. The molecule has 118 valence electrons. The van der Waals surface area contributed by atoms with Gasteiger partial charge in [-0.05, 0) is 50.4 Å². The molecule has 1 atom stereocenters. The van der Waals surface area contributed by atoms with Crippen LogP contribution in [0, 0.1) is 5.82 Å². The molecule has 0 radical (unpaired) electrons. The van der Waals surface area contributed by atoms with Gasteiger partial charge in [0, 0.05) is 17.7 Å². The van der Waals surface area contributed by atoms with Gasteiger partial charge in [0.15, 0.2) is 0 Å². The average Bonchev–Trinajstić information content (AvgIpc) is 2.91. The fourth-order valence-corrected chi connectivity index (χ4v) is 3.61. The van der Waals surface area contributed by atoms with Crippen LogP contribution in [0.3, 0.4) is 0 Å². The highest BCUT2D eigenvalue weighted by Crippen LogP contribution is 2.37. The van der Waals surface area contributed by atoms with Crippen LogP contribution in [-0.4, -0.2) is 24.8 Å². The number of benzene rings is 1. The summed E-state index contributed by atoms with van der Waals surface area (Å²) in [6.07, 6.45) is 5.11. The Balaban J connectivity index is 2.21. The Morgan fingerprint density at radius 1 is 1.33 bits per heavy atom. The van der Waals surface area contributed by atoms with Crippen LogP contribution in [0.4, 0.5) is 4.39 Å². The van der Waals surface area contributed by atoms with Crippen molar-refractivity contribution in [2.45, 2.75) is 57.6 Å². The highest BCUT2D eigenvalue weighted by Gasteiger charge is 2.41. The molecule has 2 nitrogen and oxygen atoms in total. The summed E-state index contributed by atoms with van der Waals surface area (Å²) in [4.78, 5) is 0. The number of nitrogens with one attached hydrogen (secondary N) is 1. The zero-order valence-electron chi connectivity index (χ0n) is 12.9. The zero-order valence-corrected chi connectivity index (χ0v) is 13.7. The van der Waals surface area contributed by atoms with E-state index in [1.54, 1.807) is 12.1 Å². The summed E-state index contributed by atoms with van der Waals surface area (Å²) < 4.78 is 20.2. The van der Waals surface area contributed by atoms with Gasteiger partial charge in [0.2, 0.25) is 0 Å². The van der Waals surface area contributed by atoms with Gasteiger partial charge in [-0.1, -0.05) is 37.4 Å². The molecule has 4 heteroatoms. The molecule has 0 spiro atoms. The first-order valence-corrected chi connectivity index (χ1v) is 8.30. The fourth-order valence-electron chi connectivity index (χ4n) is 3.45. The first kappa shape index (κ1) is 16.7. The van der Waals surface area contributed by atoms with Crippen molar-refractivity contribution in [1.29, 1.82) is 0 Å². The molecule has 0 amide bonds. The van der Waals surface area contributed by atoms with Gasteiger partial charge in [-0.25, -0.2) is 4.39 Å². The Kier molecular flexibility index (Phi) is 6.03. The molecular weight excluding hydrogens is 289 g/mol. The number of hydrogen-bond donors (Lipinski definition) is 1. The highest BCUT2D eigenvalue weighted by atomic mass is 35.5. The van der Waals surface area contributed by atoms with Crippen LogP contribution in [0.5, 0.6) is 0 Å². The molecule has 1 unspecified atom stereocenters. The molecule has 0 aromatic heterocycles. The number of hydrogen-bond acceptors (Lipinski definition) is 2. The molecule has 1 aromatic rings. The van der Waals surface area contributed by atoms with Gasteiger partial charge in [0.05, 0.1) is 5.60 Å². The molecule has 0 heterocycles. The lowest BCUT2D eigenvalue weighted by molar-refractivity contribution is -0.0610. The molecule has 1 fully saturated rings. The van der Waals surface area contributed by atoms with Gasteiger partial charge in [-0.2, -0.15) is 0 Å². The summed E-state index contributed by atoms with van der Waals surface area (Å²) in [5.41, 5.74) is 0.549. The van der Waals surface area contributed by atoms with Gasteiger partial charge in [-0.15, -0.1) is 0 Å². The minimum atomic E-state index is -0.227. The quantitative estimate of drug-likeness (QED) is 0.808. The minimum Gasteiger partial charge on any atom is -0.374 e. The van der Waals surface area contributed by atoms with E-state index in [9.17, 15) is 4.39 Å². The van der Waals surface area contributed by atoms with Gasteiger partial charge < -0.3 is 10.1 Å². The first-order chi connectivity index (χ1) is 10.1. The lowest BCUT2D eigenvalue weighted by atomic mass is 9.87. The van der Waals surface area contributed by atoms with Gasteiger partial charge in [0.1, 0.15) is 5.82 Å².